The topological polar surface area (TPSA) is 101 Å². The summed E-state index contributed by atoms with van der Waals surface area (Å²) < 4.78 is 35.8. The van der Waals surface area contributed by atoms with Crippen molar-refractivity contribution in [2.45, 2.75) is 0 Å². The van der Waals surface area contributed by atoms with Crippen LogP contribution in [0.1, 0.15) is 0 Å². The maximum Gasteiger partial charge on any atom is 0.264 e. The monoisotopic (exact) mass is 268 g/mol. The molecule has 100 valence electrons. The van der Waals surface area contributed by atoms with E-state index in [1.165, 1.54) is 7.05 Å². The molecule has 0 N–H and O–H groups in total. The third kappa shape index (κ3) is 15.1. The zero-order chi connectivity index (χ0) is 13.0. The summed E-state index contributed by atoms with van der Waals surface area (Å²) in [5.74, 6) is 0. The molecule has 0 fully saturated rings. The lowest BCUT2D eigenvalue weighted by Crippen LogP contribution is -2.12. The molecule has 0 aliphatic rings. The first kappa shape index (κ1) is 16.1. The van der Waals surface area contributed by atoms with Gasteiger partial charge >= 0.3 is 0 Å². The number of hydrogen-bond acceptors (Lipinski definition) is 7. The van der Waals surface area contributed by atoms with E-state index < -0.39 is 10.1 Å². The molecule has 0 bridgehead atoms. The average molecular weight is 268 g/mol. The van der Waals surface area contributed by atoms with Gasteiger partial charge in [-0.2, -0.15) is 8.42 Å². The number of ether oxygens (including phenoxy) is 2. The van der Waals surface area contributed by atoms with E-state index in [9.17, 15) is 8.42 Å². The molecule has 0 unspecified atom stereocenters. The second-order valence-electron chi connectivity index (χ2n) is 2.91. The molecule has 0 aromatic heterocycles. The van der Waals surface area contributed by atoms with Crippen LogP contribution in [0.15, 0.2) is 10.2 Å². The predicted octanol–water partition coefficient (Wildman–Crippen LogP) is -0.403. The summed E-state index contributed by atoms with van der Waals surface area (Å²) in [6.45, 7) is 1.92. The fourth-order valence-electron chi connectivity index (χ4n) is 0.780. The highest BCUT2D eigenvalue weighted by Gasteiger charge is 2.00. The third-order valence-corrected chi connectivity index (χ3v) is 1.98. The molecule has 0 aliphatic carbocycles. The van der Waals surface area contributed by atoms with Crippen molar-refractivity contribution in [2.75, 3.05) is 52.9 Å². The minimum Gasteiger partial charge on any atom is -0.377 e. The highest BCUT2D eigenvalue weighted by molar-refractivity contribution is 7.85. The van der Waals surface area contributed by atoms with E-state index in [0.717, 1.165) is 6.26 Å². The zero-order valence-electron chi connectivity index (χ0n) is 10.0. The maximum absolute atomic E-state index is 10.6. The molecule has 0 aromatic rings. The average Bonchev–Trinajstić information content (AvgIpc) is 2.24. The van der Waals surface area contributed by atoms with E-state index in [0.29, 0.717) is 26.4 Å². The lowest BCUT2D eigenvalue weighted by Gasteiger charge is -2.04. The number of hydrogen-bond donors (Lipinski definition) is 0. The summed E-state index contributed by atoms with van der Waals surface area (Å²) in [6, 6.07) is 0. The van der Waals surface area contributed by atoms with Crippen molar-refractivity contribution in [3.63, 3.8) is 0 Å². The van der Waals surface area contributed by atoms with Crippen LogP contribution in [0.3, 0.4) is 0 Å². The summed E-state index contributed by atoms with van der Waals surface area (Å²) in [7, 11) is -1.84. The van der Waals surface area contributed by atoms with Crippen molar-refractivity contribution < 1.29 is 22.1 Å². The first-order valence-corrected chi connectivity index (χ1v) is 6.83. The molecule has 17 heavy (non-hydrogen) atoms. The summed E-state index contributed by atoms with van der Waals surface area (Å²) >= 11 is 0. The molecular formula is C8H18N3O5S+. The van der Waals surface area contributed by atoms with Crippen LogP contribution in [-0.4, -0.2) is 61.3 Å². The molecule has 0 heterocycles. The van der Waals surface area contributed by atoms with E-state index in [-0.39, 0.29) is 13.2 Å². The van der Waals surface area contributed by atoms with E-state index >= 15 is 0 Å². The number of rotatable bonds is 10. The van der Waals surface area contributed by atoms with Gasteiger partial charge in [0.2, 0.25) is 4.91 Å². The third-order valence-electron chi connectivity index (χ3n) is 1.39. The quantitative estimate of drug-likeness (QED) is 0.232. The summed E-state index contributed by atoms with van der Waals surface area (Å²) in [5, 5.41) is 7.11. The Hall–Kier alpha value is -0.860. The normalized spacial score (nSPS) is 10.9. The molecule has 0 radical (unpaired) electrons. The Balaban J connectivity index is 3.17. The Morgan fingerprint density at radius 1 is 1.06 bits per heavy atom. The Kier molecular flexibility index (Phi) is 9.78. The first-order chi connectivity index (χ1) is 8.06. The van der Waals surface area contributed by atoms with Gasteiger partial charge in [0.15, 0.2) is 0 Å². The predicted molar refractivity (Wildman–Crippen MR) is 60.2 cm³/mol. The standard InChI is InChI=1S/C8H18N3O5S/c1-9-11-10-3-4-14-5-6-15-7-8-16-17(2,12)13/h3-8H2,1-2H3/q+1. The van der Waals surface area contributed by atoms with Crippen molar-refractivity contribution in [3.05, 3.63) is 0 Å². The molecule has 0 saturated heterocycles. The Labute approximate surface area is 101 Å². The minimum absolute atomic E-state index is 0.0189. The Morgan fingerprint density at radius 3 is 2.24 bits per heavy atom. The van der Waals surface area contributed by atoms with Gasteiger partial charge in [-0.1, -0.05) is 0 Å². The lowest BCUT2D eigenvalue weighted by molar-refractivity contribution is 0.0395. The molecular weight excluding hydrogens is 250 g/mol. The van der Waals surface area contributed by atoms with Gasteiger partial charge < -0.3 is 9.47 Å². The van der Waals surface area contributed by atoms with E-state index in [1.54, 1.807) is 0 Å². The van der Waals surface area contributed by atoms with Gasteiger partial charge in [-0.15, -0.1) is 0 Å². The summed E-state index contributed by atoms with van der Waals surface area (Å²) in [6.07, 6.45) is 0.993. The second-order valence-corrected chi connectivity index (χ2v) is 4.55. The molecule has 0 amide bonds. The Bertz CT molecular complexity index is 337. The minimum atomic E-state index is -3.38. The second kappa shape index (κ2) is 10.3. The Morgan fingerprint density at radius 2 is 1.65 bits per heavy atom. The van der Waals surface area contributed by atoms with Gasteiger partial charge in [0.25, 0.3) is 10.1 Å². The number of nitrogens with zero attached hydrogens (tertiary/aromatic N) is 3. The van der Waals surface area contributed by atoms with Gasteiger partial charge in [-0.25, -0.2) is 0 Å². The molecule has 0 saturated carbocycles. The van der Waals surface area contributed by atoms with Crippen molar-refractivity contribution in [3.8, 4) is 0 Å². The van der Waals surface area contributed by atoms with Crippen LogP contribution in [-0.2, 0) is 23.8 Å². The van der Waals surface area contributed by atoms with Gasteiger partial charge in [0.1, 0.15) is 23.8 Å². The van der Waals surface area contributed by atoms with Crippen LogP contribution in [0.2, 0.25) is 0 Å². The van der Waals surface area contributed by atoms with Crippen LogP contribution in [0.5, 0.6) is 0 Å². The van der Waals surface area contributed by atoms with Crippen LogP contribution >= 0.6 is 0 Å². The van der Waals surface area contributed by atoms with Crippen LogP contribution in [0.25, 0.3) is 0 Å². The molecule has 0 rings (SSSR count). The molecule has 0 spiro atoms. The maximum atomic E-state index is 10.6. The molecule has 0 aromatic carbocycles. The largest absolute Gasteiger partial charge is 0.377 e. The van der Waals surface area contributed by atoms with Gasteiger partial charge in [-0.3, -0.25) is 4.18 Å². The highest BCUT2D eigenvalue weighted by atomic mass is 32.2. The van der Waals surface area contributed by atoms with Crippen LogP contribution < -0.4 is 4.91 Å². The highest BCUT2D eigenvalue weighted by Crippen LogP contribution is 1.87. The van der Waals surface area contributed by atoms with Gasteiger partial charge in [-0.05, 0) is 0 Å². The van der Waals surface area contributed by atoms with E-state index in [4.69, 9.17) is 9.47 Å². The van der Waals surface area contributed by atoms with Crippen molar-refractivity contribution >= 4 is 10.1 Å². The smallest absolute Gasteiger partial charge is 0.264 e. The zero-order valence-corrected chi connectivity index (χ0v) is 10.9. The van der Waals surface area contributed by atoms with Crippen LogP contribution in [0.4, 0.5) is 0 Å². The van der Waals surface area contributed by atoms with Gasteiger partial charge in [0.05, 0.1) is 39.3 Å². The SMILES string of the molecule is CN=[N+]=NCCOCCOCCOS(C)(=O)=O. The molecule has 8 nitrogen and oxygen atoms in total. The lowest BCUT2D eigenvalue weighted by atomic mass is 10.7. The fourth-order valence-corrected chi connectivity index (χ4v) is 1.15. The summed E-state index contributed by atoms with van der Waals surface area (Å²) in [4.78, 5) is 3.42. The molecule has 0 aliphatic heterocycles. The molecule has 9 heteroatoms. The fraction of sp³-hybridized carbons (Fsp3) is 1.00. The van der Waals surface area contributed by atoms with E-state index in [1.807, 2.05) is 0 Å². The van der Waals surface area contributed by atoms with E-state index in [2.05, 4.69) is 19.3 Å². The van der Waals surface area contributed by atoms with Gasteiger partial charge in [0, 0.05) is 0 Å². The van der Waals surface area contributed by atoms with Crippen molar-refractivity contribution in [1.82, 2.24) is 4.91 Å². The summed E-state index contributed by atoms with van der Waals surface area (Å²) in [5.41, 5.74) is 0. The first-order valence-electron chi connectivity index (χ1n) is 5.02. The molecule has 0 atom stereocenters. The van der Waals surface area contributed by atoms with Crippen LogP contribution in [0, 0.1) is 0 Å². The van der Waals surface area contributed by atoms with Crippen molar-refractivity contribution in [2.24, 2.45) is 10.2 Å². The van der Waals surface area contributed by atoms with Crippen molar-refractivity contribution in [1.29, 1.82) is 0 Å².